The van der Waals surface area contributed by atoms with Gasteiger partial charge in [0, 0.05) is 8.41 Å². The van der Waals surface area contributed by atoms with Crippen molar-refractivity contribution in [2.24, 2.45) is 0 Å². The third-order valence-corrected chi connectivity index (χ3v) is 0. The van der Waals surface area contributed by atoms with Crippen molar-refractivity contribution in [3.63, 3.8) is 0 Å². The first kappa shape index (κ1) is 85.0. The molecule has 0 amide bonds. The van der Waals surface area contributed by atoms with Crippen molar-refractivity contribution in [3.8, 4) is 0 Å². The molecule has 0 saturated heterocycles. The summed E-state index contributed by atoms with van der Waals surface area (Å²) in [7, 11) is 0. The molecular weight excluding hydrogens is 68.8 g/mol. The SMILES string of the molecule is F.O.[B].[H-].[Na+]. The molecule has 3 radical (unpaired) electrons. The molecule has 0 aromatic rings. The van der Waals surface area contributed by atoms with E-state index >= 15 is 0 Å². The van der Waals surface area contributed by atoms with E-state index in [0.717, 1.165) is 0 Å². The molecule has 0 aliphatic rings. The van der Waals surface area contributed by atoms with Gasteiger partial charge in [0.05, 0.1) is 0 Å². The third kappa shape index (κ3) is 12.4. The summed E-state index contributed by atoms with van der Waals surface area (Å²) >= 11 is 0. The number of hydrogen-bond donors (Lipinski definition) is 0. The fourth-order valence-electron chi connectivity index (χ4n) is 0. The monoisotopic (exact) mass is 73.0 g/mol. The molecule has 0 spiro atoms. The first-order valence-corrected chi connectivity index (χ1v) is 0. The molecule has 0 aromatic carbocycles. The van der Waals surface area contributed by atoms with Crippen LogP contribution in [-0.2, 0) is 0 Å². The standard InChI is InChI=1S/B.FH.Na.H2O.H/h;1H;;1H2;/q;;+1;;-1. The fourth-order valence-corrected chi connectivity index (χ4v) is 0. The molecule has 1 nitrogen and oxygen atoms in total. The number of halogens is 1. The van der Waals surface area contributed by atoms with Crippen molar-refractivity contribution in [1.82, 2.24) is 0 Å². The summed E-state index contributed by atoms with van der Waals surface area (Å²) in [5, 5.41) is 0. The van der Waals surface area contributed by atoms with Gasteiger partial charge < -0.3 is 6.90 Å². The van der Waals surface area contributed by atoms with Crippen molar-refractivity contribution >= 4 is 8.41 Å². The van der Waals surface area contributed by atoms with Gasteiger partial charge in [-0.15, -0.1) is 0 Å². The summed E-state index contributed by atoms with van der Waals surface area (Å²) in [6.45, 7) is 0. The molecule has 0 aliphatic heterocycles. The molecule has 21 valence electrons. The minimum absolute atomic E-state index is 0. The zero-order valence-electron chi connectivity index (χ0n) is 3.49. The zero-order chi connectivity index (χ0) is 0. The second-order valence-electron chi connectivity index (χ2n) is 0. The van der Waals surface area contributed by atoms with Crippen LogP contribution in [0, 0.1) is 0 Å². The molecule has 2 N–H and O–H groups in total. The van der Waals surface area contributed by atoms with Gasteiger partial charge in [0.2, 0.25) is 0 Å². The Labute approximate surface area is 49.8 Å². The van der Waals surface area contributed by atoms with Crippen LogP contribution >= 0.6 is 0 Å². The van der Waals surface area contributed by atoms with Gasteiger partial charge in [-0.2, -0.15) is 0 Å². The van der Waals surface area contributed by atoms with Crippen LogP contribution in [0.15, 0.2) is 0 Å². The van der Waals surface area contributed by atoms with E-state index in [2.05, 4.69) is 0 Å². The van der Waals surface area contributed by atoms with Crippen molar-refractivity contribution in [1.29, 1.82) is 0 Å². The van der Waals surface area contributed by atoms with Gasteiger partial charge in [0.25, 0.3) is 0 Å². The summed E-state index contributed by atoms with van der Waals surface area (Å²) in [4.78, 5) is 0. The van der Waals surface area contributed by atoms with Crippen molar-refractivity contribution in [2.75, 3.05) is 0 Å². The van der Waals surface area contributed by atoms with Crippen LogP contribution in [0.4, 0.5) is 4.70 Å². The quantitative estimate of drug-likeness (QED) is 0.262. The summed E-state index contributed by atoms with van der Waals surface area (Å²) in [5.74, 6) is 0. The molecule has 0 unspecified atom stereocenters. The topological polar surface area (TPSA) is 31.5 Å². The second kappa shape index (κ2) is 37.9. The van der Waals surface area contributed by atoms with E-state index in [9.17, 15) is 0 Å². The van der Waals surface area contributed by atoms with Crippen LogP contribution in [0.25, 0.3) is 0 Å². The number of rotatable bonds is 0. The van der Waals surface area contributed by atoms with E-state index in [0.29, 0.717) is 0 Å². The smallest absolute Gasteiger partial charge is 1.00 e. The molecule has 0 bridgehead atoms. The molecule has 0 atom stereocenters. The van der Waals surface area contributed by atoms with E-state index in [4.69, 9.17) is 0 Å². The minimum Gasteiger partial charge on any atom is -1.00 e. The Kier molecular flexibility index (Phi) is 805. The number of hydrogen-bond acceptors (Lipinski definition) is 0. The fraction of sp³-hybridized carbons (Fsp3) is 0. The summed E-state index contributed by atoms with van der Waals surface area (Å²) in [6, 6.07) is 0. The predicted octanol–water partition coefficient (Wildman–Crippen LogP) is -3.94. The third-order valence-electron chi connectivity index (χ3n) is 0. The van der Waals surface area contributed by atoms with Crippen LogP contribution in [0.5, 0.6) is 0 Å². The minimum atomic E-state index is 0. The van der Waals surface area contributed by atoms with E-state index in [1.807, 2.05) is 0 Å². The molecule has 4 heavy (non-hydrogen) atoms. The van der Waals surface area contributed by atoms with Crippen LogP contribution in [0.2, 0.25) is 0 Å². The average molecular weight is 72.8 g/mol. The van der Waals surface area contributed by atoms with Crippen LogP contribution in [0.3, 0.4) is 0 Å². The van der Waals surface area contributed by atoms with Crippen molar-refractivity contribution in [2.45, 2.75) is 0 Å². The van der Waals surface area contributed by atoms with Gasteiger partial charge in [-0.05, 0) is 0 Å². The maximum absolute atomic E-state index is 0. The van der Waals surface area contributed by atoms with Crippen LogP contribution in [-0.4, -0.2) is 13.9 Å². The van der Waals surface area contributed by atoms with Gasteiger partial charge in [-0.25, -0.2) is 0 Å². The maximum Gasteiger partial charge on any atom is 1.00 e. The second-order valence-corrected chi connectivity index (χ2v) is 0. The Balaban J connectivity index is 0. The maximum atomic E-state index is 0. The van der Waals surface area contributed by atoms with E-state index in [1.165, 1.54) is 0 Å². The van der Waals surface area contributed by atoms with Gasteiger partial charge >= 0.3 is 29.6 Å². The molecule has 0 aromatic heterocycles. The van der Waals surface area contributed by atoms with E-state index < -0.39 is 0 Å². The Hall–Kier alpha value is 0.955. The average Bonchev–Trinajstić information content (AvgIpc) is 0. The summed E-state index contributed by atoms with van der Waals surface area (Å²) in [6.07, 6.45) is 0. The first-order chi connectivity index (χ1) is 0. The van der Waals surface area contributed by atoms with E-state index in [1.54, 1.807) is 0 Å². The molecule has 0 saturated carbocycles. The first-order valence-electron chi connectivity index (χ1n) is 0. The molecular formula is H4BFNaO. The van der Waals surface area contributed by atoms with Gasteiger partial charge in [-0.3, -0.25) is 4.70 Å². The Morgan fingerprint density at radius 3 is 1.25 bits per heavy atom. The molecule has 4 heteroatoms. The van der Waals surface area contributed by atoms with Gasteiger partial charge in [-0.1, -0.05) is 0 Å². The summed E-state index contributed by atoms with van der Waals surface area (Å²) in [5.41, 5.74) is 0. The van der Waals surface area contributed by atoms with Crippen LogP contribution < -0.4 is 29.6 Å². The Morgan fingerprint density at radius 2 is 1.25 bits per heavy atom. The Morgan fingerprint density at radius 1 is 1.25 bits per heavy atom. The molecule has 0 fully saturated rings. The molecule has 0 aliphatic carbocycles. The van der Waals surface area contributed by atoms with Gasteiger partial charge in [0.1, 0.15) is 0 Å². The largest absolute Gasteiger partial charge is 1.00 e. The van der Waals surface area contributed by atoms with Gasteiger partial charge in [0.15, 0.2) is 0 Å². The molecule has 0 rings (SSSR count). The van der Waals surface area contributed by atoms with Crippen molar-refractivity contribution in [3.05, 3.63) is 0 Å². The van der Waals surface area contributed by atoms with E-state index in [-0.39, 0.29) is 49.6 Å². The summed E-state index contributed by atoms with van der Waals surface area (Å²) < 4.78 is 0. The molecule has 0 heterocycles. The zero-order valence-corrected chi connectivity index (χ0v) is 4.49. The van der Waals surface area contributed by atoms with Crippen molar-refractivity contribution < 1.29 is 41.2 Å². The Bertz CT molecular complexity index is 11.6. The van der Waals surface area contributed by atoms with Crippen LogP contribution in [0.1, 0.15) is 1.43 Å². The normalized spacial score (nSPS) is 0. The predicted molar refractivity (Wildman–Crippen MR) is 13.0 cm³/mol.